The van der Waals surface area contributed by atoms with E-state index in [-0.39, 0.29) is 11.8 Å². The van der Waals surface area contributed by atoms with Crippen LogP contribution in [0.3, 0.4) is 0 Å². The predicted octanol–water partition coefficient (Wildman–Crippen LogP) is 4.41. The molecule has 1 atom stereocenters. The van der Waals surface area contributed by atoms with Crippen LogP contribution in [0.4, 0.5) is 5.69 Å². The lowest BCUT2D eigenvalue weighted by Gasteiger charge is -2.26. The van der Waals surface area contributed by atoms with E-state index in [9.17, 15) is 9.59 Å². The molecule has 1 aliphatic heterocycles. The third-order valence-corrected chi connectivity index (χ3v) is 5.02. The molecule has 1 heterocycles. The van der Waals surface area contributed by atoms with Crippen molar-refractivity contribution in [2.24, 2.45) is 0 Å². The molecule has 0 amide bonds. The number of hydrogen-bond donors (Lipinski definition) is 0. The number of hydrogen-bond acceptors (Lipinski definition) is 6. The Morgan fingerprint density at radius 3 is 2.60 bits per heavy atom. The lowest BCUT2D eigenvalue weighted by Crippen LogP contribution is -2.26. The highest BCUT2D eigenvalue weighted by Crippen LogP contribution is 2.36. The summed E-state index contributed by atoms with van der Waals surface area (Å²) in [6.07, 6.45) is 7.68. The van der Waals surface area contributed by atoms with Gasteiger partial charge < -0.3 is 19.1 Å². The number of anilines is 1. The molecule has 0 aliphatic carbocycles. The van der Waals surface area contributed by atoms with Gasteiger partial charge in [-0.2, -0.15) is 0 Å². The lowest BCUT2D eigenvalue weighted by atomic mass is 9.99. The Morgan fingerprint density at radius 1 is 1.10 bits per heavy atom. The number of ether oxygens (including phenoxy) is 3. The molecule has 30 heavy (non-hydrogen) atoms. The molecule has 0 N–H and O–H groups in total. The number of carbonyl (C=O) groups excluding carboxylic acids is 2. The highest BCUT2D eigenvalue weighted by atomic mass is 35.5. The fraction of sp³-hybridized carbons (Fsp3) is 0.217. The van der Waals surface area contributed by atoms with Gasteiger partial charge in [-0.1, -0.05) is 29.8 Å². The second-order valence-electron chi connectivity index (χ2n) is 6.51. The zero-order valence-corrected chi connectivity index (χ0v) is 17.7. The van der Waals surface area contributed by atoms with E-state index in [2.05, 4.69) is 4.74 Å². The number of benzene rings is 2. The van der Waals surface area contributed by atoms with E-state index in [0.717, 1.165) is 0 Å². The quantitative estimate of drug-likeness (QED) is 0.370. The third kappa shape index (κ3) is 4.33. The number of para-hydroxylation sites is 1. The van der Waals surface area contributed by atoms with Crippen LogP contribution in [0.2, 0.25) is 5.02 Å². The Bertz CT molecular complexity index is 1010. The van der Waals surface area contributed by atoms with Crippen LogP contribution in [0, 0.1) is 0 Å². The molecule has 0 saturated carbocycles. The van der Waals surface area contributed by atoms with E-state index >= 15 is 0 Å². The summed E-state index contributed by atoms with van der Waals surface area (Å²) in [6.45, 7) is 0. The molecule has 156 valence electrons. The van der Waals surface area contributed by atoms with Crippen LogP contribution >= 0.6 is 11.6 Å². The van der Waals surface area contributed by atoms with Gasteiger partial charge in [-0.25, -0.2) is 4.79 Å². The summed E-state index contributed by atoms with van der Waals surface area (Å²) in [5.41, 5.74) is 1.45. The van der Waals surface area contributed by atoms with Crippen molar-refractivity contribution in [3.63, 3.8) is 0 Å². The molecule has 7 heteroatoms. The number of rotatable bonds is 7. The highest BCUT2D eigenvalue weighted by Gasteiger charge is 2.26. The van der Waals surface area contributed by atoms with Crippen LogP contribution in [0.1, 0.15) is 22.3 Å². The fourth-order valence-electron chi connectivity index (χ4n) is 3.35. The van der Waals surface area contributed by atoms with Gasteiger partial charge >= 0.3 is 5.97 Å². The first-order valence-corrected chi connectivity index (χ1v) is 9.64. The Balaban J connectivity index is 2.05. The number of methoxy groups -OCH3 is 3. The first-order chi connectivity index (χ1) is 14.5. The normalized spacial score (nSPS) is 15.5. The van der Waals surface area contributed by atoms with Crippen LogP contribution in [0.5, 0.6) is 11.5 Å². The molecule has 6 nitrogen and oxygen atoms in total. The van der Waals surface area contributed by atoms with Gasteiger partial charge in [0.25, 0.3) is 0 Å². The zero-order chi connectivity index (χ0) is 21.7. The molecule has 3 rings (SSSR count). The van der Waals surface area contributed by atoms with Crippen LogP contribution in [-0.4, -0.2) is 39.1 Å². The van der Waals surface area contributed by atoms with Gasteiger partial charge in [0.1, 0.15) is 0 Å². The average Bonchev–Trinajstić information content (AvgIpc) is 3.24. The Labute approximate surface area is 180 Å². The largest absolute Gasteiger partial charge is 0.493 e. The number of ketones is 1. The molecule has 2 aromatic rings. The van der Waals surface area contributed by atoms with E-state index in [4.69, 9.17) is 21.1 Å². The van der Waals surface area contributed by atoms with Crippen molar-refractivity contribution in [1.82, 2.24) is 0 Å². The van der Waals surface area contributed by atoms with Crippen molar-refractivity contribution in [3.8, 4) is 11.5 Å². The van der Waals surface area contributed by atoms with Crippen molar-refractivity contribution in [2.45, 2.75) is 12.5 Å². The molecule has 1 unspecified atom stereocenters. The second-order valence-corrected chi connectivity index (χ2v) is 6.95. The summed E-state index contributed by atoms with van der Waals surface area (Å²) >= 11 is 6.23. The monoisotopic (exact) mass is 427 g/mol. The van der Waals surface area contributed by atoms with Gasteiger partial charge in [0, 0.05) is 22.9 Å². The maximum absolute atomic E-state index is 13.5. The molecule has 0 spiro atoms. The van der Waals surface area contributed by atoms with E-state index < -0.39 is 5.97 Å². The van der Waals surface area contributed by atoms with Crippen LogP contribution < -0.4 is 14.4 Å². The molecule has 0 bridgehead atoms. The Hall–Kier alpha value is -3.25. The zero-order valence-electron chi connectivity index (χ0n) is 16.9. The molecule has 0 aromatic heterocycles. The molecule has 0 fully saturated rings. The molecular formula is C23H22ClNO5. The maximum Gasteiger partial charge on any atom is 0.330 e. The lowest BCUT2D eigenvalue weighted by molar-refractivity contribution is -0.134. The van der Waals surface area contributed by atoms with Crippen molar-refractivity contribution in [1.29, 1.82) is 0 Å². The molecule has 2 aromatic carbocycles. The summed E-state index contributed by atoms with van der Waals surface area (Å²) < 4.78 is 15.4. The summed E-state index contributed by atoms with van der Waals surface area (Å²) in [6, 6.07) is 10.2. The first-order valence-electron chi connectivity index (χ1n) is 9.26. The number of carbonyl (C=O) groups is 2. The minimum atomic E-state index is -0.435. The van der Waals surface area contributed by atoms with Crippen molar-refractivity contribution >= 4 is 29.0 Å². The van der Waals surface area contributed by atoms with Gasteiger partial charge in [0.2, 0.25) is 0 Å². The third-order valence-electron chi connectivity index (χ3n) is 4.79. The standard InChI is InChI=1S/C23H22ClNO5/c1-28-20-8-4-7-17(23(20)30-3)22(27)18-14-15(24)9-11-19(18)25-13-5-6-16(25)10-12-21(26)29-2/h4-5,7-14,16H,6H2,1-3H3/b12-10+. The minimum absolute atomic E-state index is 0.135. The van der Waals surface area contributed by atoms with Gasteiger partial charge in [-0.3, -0.25) is 4.79 Å². The predicted molar refractivity (Wildman–Crippen MR) is 116 cm³/mol. The molecular weight excluding hydrogens is 406 g/mol. The number of esters is 1. The van der Waals surface area contributed by atoms with Gasteiger partial charge in [-0.05, 0) is 36.8 Å². The van der Waals surface area contributed by atoms with Crippen molar-refractivity contribution in [3.05, 3.63) is 77.0 Å². The molecule has 0 radical (unpaired) electrons. The summed E-state index contributed by atoms with van der Waals surface area (Å²) in [7, 11) is 4.34. The van der Waals surface area contributed by atoms with Crippen LogP contribution in [-0.2, 0) is 9.53 Å². The van der Waals surface area contributed by atoms with Crippen molar-refractivity contribution in [2.75, 3.05) is 26.2 Å². The van der Waals surface area contributed by atoms with Gasteiger partial charge in [0.05, 0.1) is 38.6 Å². The molecule has 1 aliphatic rings. The summed E-state index contributed by atoms with van der Waals surface area (Å²) in [5.74, 6) is 0.136. The Kier molecular flexibility index (Phi) is 6.79. The number of halogens is 1. The van der Waals surface area contributed by atoms with Crippen LogP contribution in [0.15, 0.2) is 60.8 Å². The number of nitrogens with zero attached hydrogens (tertiary/aromatic N) is 1. The van der Waals surface area contributed by atoms with Gasteiger partial charge in [-0.15, -0.1) is 0 Å². The summed E-state index contributed by atoms with van der Waals surface area (Å²) in [5, 5.41) is 0.439. The van der Waals surface area contributed by atoms with Crippen LogP contribution in [0.25, 0.3) is 0 Å². The minimum Gasteiger partial charge on any atom is -0.493 e. The van der Waals surface area contributed by atoms with E-state index in [1.54, 1.807) is 42.5 Å². The highest BCUT2D eigenvalue weighted by molar-refractivity contribution is 6.31. The Morgan fingerprint density at radius 2 is 1.90 bits per heavy atom. The maximum atomic E-state index is 13.5. The smallest absolute Gasteiger partial charge is 0.330 e. The first kappa shape index (κ1) is 21.5. The van der Waals surface area contributed by atoms with Gasteiger partial charge in [0.15, 0.2) is 17.3 Å². The average molecular weight is 428 g/mol. The van der Waals surface area contributed by atoms with E-state index in [0.29, 0.717) is 39.8 Å². The van der Waals surface area contributed by atoms with E-state index in [1.807, 2.05) is 17.2 Å². The van der Waals surface area contributed by atoms with Crippen molar-refractivity contribution < 1.29 is 23.8 Å². The topological polar surface area (TPSA) is 65.1 Å². The molecule has 0 saturated heterocycles. The summed E-state index contributed by atoms with van der Waals surface area (Å²) in [4.78, 5) is 26.9. The fourth-order valence-corrected chi connectivity index (χ4v) is 3.52. The van der Waals surface area contributed by atoms with E-state index in [1.165, 1.54) is 27.4 Å². The SMILES string of the molecule is COC(=O)/C=C/C1CC=CN1c1ccc(Cl)cc1C(=O)c1cccc(OC)c1OC. The second kappa shape index (κ2) is 9.50.